The Kier molecular flexibility index (Phi) is 7.17. The third kappa shape index (κ3) is 5.50. The van der Waals surface area contributed by atoms with Gasteiger partial charge in [-0.05, 0) is 63.8 Å². The number of aliphatic hydroxyl groups excluding tert-OH is 1. The van der Waals surface area contributed by atoms with Crippen LogP contribution in [-0.2, 0) is 0 Å². The average Bonchev–Trinajstić information content (AvgIpc) is 2.98. The van der Waals surface area contributed by atoms with Gasteiger partial charge in [-0.1, -0.05) is 26.7 Å². The van der Waals surface area contributed by atoms with Gasteiger partial charge in [0.25, 0.3) is 0 Å². The molecule has 0 spiro atoms. The molecule has 2 aliphatic rings. The predicted molar refractivity (Wildman–Crippen MR) is 94.0 cm³/mol. The Morgan fingerprint density at radius 3 is 2.32 bits per heavy atom. The van der Waals surface area contributed by atoms with Crippen LogP contribution < -0.4 is 5.32 Å². The third-order valence-electron chi connectivity index (χ3n) is 5.81. The van der Waals surface area contributed by atoms with Crippen molar-refractivity contribution in [3.05, 3.63) is 0 Å². The lowest BCUT2D eigenvalue weighted by atomic mass is 9.86. The van der Waals surface area contributed by atoms with E-state index in [4.69, 9.17) is 0 Å². The van der Waals surface area contributed by atoms with Gasteiger partial charge in [-0.25, -0.2) is 0 Å². The van der Waals surface area contributed by atoms with Crippen LogP contribution in [0.15, 0.2) is 0 Å². The van der Waals surface area contributed by atoms with Gasteiger partial charge in [0.1, 0.15) is 0 Å². The van der Waals surface area contributed by atoms with Crippen LogP contribution >= 0.6 is 0 Å². The molecule has 0 aromatic heterocycles. The van der Waals surface area contributed by atoms with Crippen LogP contribution in [0.5, 0.6) is 0 Å². The van der Waals surface area contributed by atoms with Gasteiger partial charge in [0, 0.05) is 25.2 Å². The lowest BCUT2D eigenvalue weighted by molar-refractivity contribution is 0.0513. The number of nitrogens with one attached hydrogen (secondary N) is 1. The molecule has 0 aromatic rings. The van der Waals surface area contributed by atoms with Crippen molar-refractivity contribution in [1.82, 2.24) is 10.2 Å². The van der Waals surface area contributed by atoms with E-state index in [-0.39, 0.29) is 6.10 Å². The zero-order valence-electron chi connectivity index (χ0n) is 15.2. The molecule has 1 saturated carbocycles. The van der Waals surface area contributed by atoms with Crippen LogP contribution in [0.3, 0.4) is 0 Å². The number of nitrogens with zero attached hydrogens (tertiary/aromatic N) is 1. The Morgan fingerprint density at radius 2 is 1.73 bits per heavy atom. The van der Waals surface area contributed by atoms with Gasteiger partial charge in [-0.3, -0.25) is 4.90 Å². The Morgan fingerprint density at radius 1 is 1.05 bits per heavy atom. The number of hydrogen-bond acceptors (Lipinski definition) is 3. The maximum Gasteiger partial charge on any atom is 0.0566 e. The minimum absolute atomic E-state index is 0.146. The van der Waals surface area contributed by atoms with E-state index in [1.807, 2.05) is 0 Å². The maximum atomic E-state index is 10.3. The zero-order valence-corrected chi connectivity index (χ0v) is 15.2. The van der Waals surface area contributed by atoms with E-state index in [9.17, 15) is 5.11 Å². The SMILES string of the molecule is CC(C)C(O)CC1CC(NCC2CCCC2)CN(C(C)C)C1. The molecular weight excluding hydrogens is 272 g/mol. The van der Waals surface area contributed by atoms with E-state index < -0.39 is 0 Å². The molecule has 1 heterocycles. The highest BCUT2D eigenvalue weighted by Gasteiger charge is 2.30. The van der Waals surface area contributed by atoms with Crippen LogP contribution in [0.25, 0.3) is 0 Å². The minimum Gasteiger partial charge on any atom is -0.393 e. The number of hydrogen-bond donors (Lipinski definition) is 2. The fraction of sp³-hybridized carbons (Fsp3) is 1.00. The van der Waals surface area contributed by atoms with E-state index in [0.29, 0.717) is 23.9 Å². The van der Waals surface area contributed by atoms with E-state index in [1.165, 1.54) is 45.2 Å². The van der Waals surface area contributed by atoms with Gasteiger partial charge >= 0.3 is 0 Å². The van der Waals surface area contributed by atoms with Crippen molar-refractivity contribution in [3.63, 3.8) is 0 Å². The van der Waals surface area contributed by atoms with Gasteiger partial charge < -0.3 is 10.4 Å². The van der Waals surface area contributed by atoms with Crippen molar-refractivity contribution in [2.45, 2.75) is 84.4 Å². The Labute approximate surface area is 137 Å². The van der Waals surface area contributed by atoms with Gasteiger partial charge in [0.2, 0.25) is 0 Å². The van der Waals surface area contributed by atoms with Crippen LogP contribution in [0.1, 0.15) is 66.2 Å². The second-order valence-corrected chi connectivity index (χ2v) is 8.45. The van der Waals surface area contributed by atoms with Gasteiger partial charge in [0.05, 0.1) is 6.10 Å². The molecule has 1 aliphatic heterocycles. The average molecular weight is 311 g/mol. The number of piperidine rings is 1. The van der Waals surface area contributed by atoms with Crippen molar-refractivity contribution in [2.75, 3.05) is 19.6 Å². The summed E-state index contributed by atoms with van der Waals surface area (Å²) < 4.78 is 0. The second kappa shape index (κ2) is 8.65. The van der Waals surface area contributed by atoms with Crippen LogP contribution in [0.4, 0.5) is 0 Å². The quantitative estimate of drug-likeness (QED) is 0.757. The number of aliphatic hydroxyl groups is 1. The molecule has 3 nitrogen and oxygen atoms in total. The summed E-state index contributed by atoms with van der Waals surface area (Å²) in [6.45, 7) is 12.4. The molecule has 1 saturated heterocycles. The lowest BCUT2D eigenvalue weighted by Crippen LogP contribution is -2.52. The maximum absolute atomic E-state index is 10.3. The summed E-state index contributed by atoms with van der Waals surface area (Å²) in [6, 6.07) is 1.22. The lowest BCUT2D eigenvalue weighted by Gasteiger charge is -2.41. The molecule has 0 amide bonds. The van der Waals surface area contributed by atoms with E-state index in [2.05, 4.69) is 37.9 Å². The van der Waals surface area contributed by atoms with E-state index in [0.717, 1.165) is 18.9 Å². The Balaban J connectivity index is 1.85. The van der Waals surface area contributed by atoms with Crippen LogP contribution in [0, 0.1) is 17.8 Å². The molecule has 3 heteroatoms. The van der Waals surface area contributed by atoms with Crippen molar-refractivity contribution in [3.8, 4) is 0 Å². The largest absolute Gasteiger partial charge is 0.393 e. The molecule has 0 radical (unpaired) electrons. The van der Waals surface area contributed by atoms with Crippen molar-refractivity contribution in [2.24, 2.45) is 17.8 Å². The fourth-order valence-electron chi connectivity index (χ4n) is 4.14. The molecular formula is C19H38N2O. The first-order valence-corrected chi connectivity index (χ1v) is 9.61. The molecule has 1 aliphatic carbocycles. The molecule has 2 N–H and O–H groups in total. The first-order valence-electron chi connectivity index (χ1n) is 9.61. The van der Waals surface area contributed by atoms with E-state index in [1.54, 1.807) is 0 Å². The Bertz CT molecular complexity index is 311. The van der Waals surface area contributed by atoms with Gasteiger partial charge in [0.15, 0.2) is 0 Å². The molecule has 0 bridgehead atoms. The molecule has 3 unspecified atom stereocenters. The summed E-state index contributed by atoms with van der Waals surface area (Å²) in [5.41, 5.74) is 0. The summed E-state index contributed by atoms with van der Waals surface area (Å²) in [6.07, 6.45) is 7.75. The summed E-state index contributed by atoms with van der Waals surface area (Å²) in [5.74, 6) is 1.92. The number of rotatable bonds is 7. The molecule has 130 valence electrons. The summed E-state index contributed by atoms with van der Waals surface area (Å²) in [5, 5.41) is 14.1. The Hall–Kier alpha value is -0.120. The highest BCUT2D eigenvalue weighted by molar-refractivity contribution is 4.87. The first-order chi connectivity index (χ1) is 10.5. The standard InChI is InChI=1S/C19H38N2O/c1-14(2)19(22)10-17-9-18(13-21(12-17)15(3)4)20-11-16-7-5-6-8-16/h14-20,22H,5-13H2,1-4H3. The highest BCUT2D eigenvalue weighted by Crippen LogP contribution is 2.27. The topological polar surface area (TPSA) is 35.5 Å². The monoisotopic (exact) mass is 310 g/mol. The van der Waals surface area contributed by atoms with E-state index >= 15 is 0 Å². The fourth-order valence-corrected chi connectivity index (χ4v) is 4.14. The third-order valence-corrected chi connectivity index (χ3v) is 5.81. The predicted octanol–water partition coefficient (Wildman–Crippen LogP) is 3.27. The normalized spacial score (nSPS) is 29.6. The van der Waals surface area contributed by atoms with Gasteiger partial charge in [-0.15, -0.1) is 0 Å². The molecule has 3 atom stereocenters. The molecule has 0 aromatic carbocycles. The van der Waals surface area contributed by atoms with Gasteiger partial charge in [-0.2, -0.15) is 0 Å². The summed E-state index contributed by atoms with van der Waals surface area (Å²) in [4.78, 5) is 2.60. The molecule has 22 heavy (non-hydrogen) atoms. The van der Waals surface area contributed by atoms with Crippen molar-refractivity contribution < 1.29 is 5.11 Å². The second-order valence-electron chi connectivity index (χ2n) is 8.45. The van der Waals surface area contributed by atoms with Crippen molar-refractivity contribution >= 4 is 0 Å². The smallest absolute Gasteiger partial charge is 0.0566 e. The van der Waals surface area contributed by atoms with Crippen LogP contribution in [-0.4, -0.2) is 47.8 Å². The van der Waals surface area contributed by atoms with Crippen LogP contribution in [0.2, 0.25) is 0 Å². The number of likely N-dealkylation sites (tertiary alicyclic amines) is 1. The highest BCUT2D eigenvalue weighted by atomic mass is 16.3. The first kappa shape index (κ1) is 18.2. The summed E-state index contributed by atoms with van der Waals surface area (Å²) >= 11 is 0. The minimum atomic E-state index is -0.146. The molecule has 2 fully saturated rings. The molecule has 2 rings (SSSR count). The summed E-state index contributed by atoms with van der Waals surface area (Å²) in [7, 11) is 0. The van der Waals surface area contributed by atoms with Crippen molar-refractivity contribution in [1.29, 1.82) is 0 Å². The zero-order chi connectivity index (χ0) is 16.1.